The Morgan fingerprint density at radius 3 is 2.95 bits per heavy atom. The number of aryl methyl sites for hydroxylation is 1. The summed E-state index contributed by atoms with van der Waals surface area (Å²) in [6.45, 7) is 2.82. The number of amides is 1. The highest BCUT2D eigenvalue weighted by Crippen LogP contribution is 2.14. The maximum Gasteiger partial charge on any atom is 0.339 e. The second-order valence-corrected chi connectivity index (χ2v) is 4.91. The van der Waals surface area contributed by atoms with Crippen molar-refractivity contribution in [3.05, 3.63) is 23.2 Å². The van der Waals surface area contributed by atoms with Gasteiger partial charge in [-0.05, 0) is 25.8 Å². The molecule has 1 aromatic rings. The third kappa shape index (κ3) is 4.57. The number of carbonyl (C=O) groups excluding carboxylic acids is 1. The molecule has 0 aromatic carbocycles. The molecule has 116 valence electrons. The van der Waals surface area contributed by atoms with Crippen LogP contribution in [0.25, 0.3) is 0 Å². The first-order valence-corrected chi connectivity index (χ1v) is 6.85. The fourth-order valence-corrected chi connectivity index (χ4v) is 2.14. The SMILES string of the molecule is Cc1oc(CNC(=O)COC[C@@H]2CCCO2)cc1C(=O)O. The molecule has 0 saturated carbocycles. The van der Waals surface area contributed by atoms with Crippen LogP contribution in [0.5, 0.6) is 0 Å². The zero-order valence-corrected chi connectivity index (χ0v) is 11.9. The largest absolute Gasteiger partial charge is 0.478 e. The molecule has 0 aliphatic carbocycles. The summed E-state index contributed by atoms with van der Waals surface area (Å²) in [6.07, 6.45) is 2.08. The standard InChI is InChI=1S/C14H19NO6/c1-9-12(14(17)18)5-11(21-9)6-15-13(16)8-19-7-10-3-2-4-20-10/h5,10H,2-4,6-8H2,1H3,(H,15,16)(H,17,18)/t10-/m0/s1. The molecule has 1 saturated heterocycles. The minimum absolute atomic E-state index is 0.0503. The normalized spacial score (nSPS) is 17.9. The Kier molecular flexibility index (Phi) is 5.35. The van der Waals surface area contributed by atoms with Crippen molar-refractivity contribution >= 4 is 11.9 Å². The van der Waals surface area contributed by atoms with Crippen molar-refractivity contribution in [2.45, 2.75) is 32.4 Å². The predicted octanol–water partition coefficient (Wildman–Crippen LogP) is 1.10. The minimum atomic E-state index is -1.05. The summed E-state index contributed by atoms with van der Waals surface area (Å²) >= 11 is 0. The summed E-state index contributed by atoms with van der Waals surface area (Å²) in [5.74, 6) is -0.605. The van der Waals surface area contributed by atoms with E-state index in [-0.39, 0.29) is 30.7 Å². The highest BCUT2D eigenvalue weighted by Gasteiger charge is 2.16. The van der Waals surface area contributed by atoms with E-state index in [9.17, 15) is 9.59 Å². The molecular formula is C14H19NO6. The van der Waals surface area contributed by atoms with Crippen molar-refractivity contribution in [2.24, 2.45) is 0 Å². The number of carboxylic acids is 1. The first-order valence-electron chi connectivity index (χ1n) is 6.85. The second kappa shape index (κ2) is 7.24. The van der Waals surface area contributed by atoms with E-state index in [0.717, 1.165) is 19.4 Å². The summed E-state index contributed by atoms with van der Waals surface area (Å²) in [4.78, 5) is 22.4. The molecule has 0 unspecified atom stereocenters. The van der Waals surface area contributed by atoms with Gasteiger partial charge in [0.15, 0.2) is 0 Å². The van der Waals surface area contributed by atoms with Crippen LogP contribution in [-0.4, -0.2) is 42.9 Å². The Morgan fingerprint density at radius 1 is 1.52 bits per heavy atom. The molecule has 0 spiro atoms. The van der Waals surface area contributed by atoms with Gasteiger partial charge >= 0.3 is 5.97 Å². The van der Waals surface area contributed by atoms with Gasteiger partial charge in [-0.3, -0.25) is 4.79 Å². The Labute approximate surface area is 122 Å². The maximum absolute atomic E-state index is 11.6. The van der Waals surface area contributed by atoms with E-state index < -0.39 is 5.97 Å². The molecule has 2 heterocycles. The Hall–Kier alpha value is -1.86. The maximum atomic E-state index is 11.6. The van der Waals surface area contributed by atoms with Gasteiger partial charge in [0.2, 0.25) is 5.91 Å². The lowest BCUT2D eigenvalue weighted by Gasteiger charge is -2.09. The molecule has 2 N–H and O–H groups in total. The summed E-state index contributed by atoms with van der Waals surface area (Å²) in [5, 5.41) is 11.5. The lowest BCUT2D eigenvalue weighted by Crippen LogP contribution is -2.28. The van der Waals surface area contributed by atoms with Crippen LogP contribution in [0.3, 0.4) is 0 Å². The van der Waals surface area contributed by atoms with Crippen LogP contribution in [0.4, 0.5) is 0 Å². The molecule has 1 fully saturated rings. The number of carboxylic acid groups (broad SMARTS) is 1. The van der Waals surface area contributed by atoms with Crippen molar-refractivity contribution in [2.75, 3.05) is 19.8 Å². The lowest BCUT2D eigenvalue weighted by atomic mass is 10.2. The number of hydrogen-bond donors (Lipinski definition) is 2. The number of aromatic carboxylic acids is 1. The average molecular weight is 297 g/mol. The number of carbonyl (C=O) groups is 2. The van der Waals surface area contributed by atoms with Gasteiger partial charge in [-0.1, -0.05) is 0 Å². The molecule has 7 heteroatoms. The van der Waals surface area contributed by atoms with E-state index in [1.54, 1.807) is 6.92 Å². The van der Waals surface area contributed by atoms with Crippen LogP contribution in [0, 0.1) is 6.92 Å². The van der Waals surface area contributed by atoms with Gasteiger partial charge < -0.3 is 24.3 Å². The monoisotopic (exact) mass is 297 g/mol. The Morgan fingerprint density at radius 2 is 2.33 bits per heavy atom. The molecule has 1 aliphatic rings. The van der Waals surface area contributed by atoms with Gasteiger partial charge in [0, 0.05) is 6.61 Å². The minimum Gasteiger partial charge on any atom is -0.478 e. The van der Waals surface area contributed by atoms with Crippen LogP contribution in [0.1, 0.15) is 34.7 Å². The smallest absolute Gasteiger partial charge is 0.339 e. The third-order valence-electron chi connectivity index (χ3n) is 3.22. The van der Waals surface area contributed by atoms with E-state index in [1.807, 2.05) is 0 Å². The highest BCUT2D eigenvalue weighted by molar-refractivity contribution is 5.88. The molecular weight excluding hydrogens is 278 g/mol. The lowest BCUT2D eigenvalue weighted by molar-refractivity contribution is -0.127. The zero-order valence-electron chi connectivity index (χ0n) is 11.9. The first-order chi connectivity index (χ1) is 10.1. The molecule has 2 rings (SSSR count). The fraction of sp³-hybridized carbons (Fsp3) is 0.571. The van der Waals surface area contributed by atoms with Gasteiger partial charge in [-0.2, -0.15) is 0 Å². The van der Waals surface area contributed by atoms with Crippen LogP contribution in [0.2, 0.25) is 0 Å². The number of nitrogens with one attached hydrogen (secondary N) is 1. The highest BCUT2D eigenvalue weighted by atomic mass is 16.5. The van der Waals surface area contributed by atoms with E-state index in [1.165, 1.54) is 6.07 Å². The van der Waals surface area contributed by atoms with Crippen LogP contribution >= 0.6 is 0 Å². The zero-order chi connectivity index (χ0) is 15.2. The van der Waals surface area contributed by atoms with E-state index in [4.69, 9.17) is 19.0 Å². The molecule has 7 nitrogen and oxygen atoms in total. The molecule has 0 radical (unpaired) electrons. The molecule has 1 aliphatic heterocycles. The topological polar surface area (TPSA) is 98.0 Å². The molecule has 1 atom stereocenters. The van der Waals surface area contributed by atoms with E-state index >= 15 is 0 Å². The van der Waals surface area contributed by atoms with Crippen molar-refractivity contribution in [1.82, 2.24) is 5.32 Å². The summed E-state index contributed by atoms with van der Waals surface area (Å²) < 4.78 is 15.9. The second-order valence-electron chi connectivity index (χ2n) is 4.91. The van der Waals surface area contributed by atoms with Crippen LogP contribution in [0.15, 0.2) is 10.5 Å². The van der Waals surface area contributed by atoms with Gasteiger partial charge in [0.05, 0.1) is 19.3 Å². The van der Waals surface area contributed by atoms with Crippen molar-refractivity contribution < 1.29 is 28.6 Å². The summed E-state index contributed by atoms with van der Waals surface area (Å²) in [6, 6.07) is 1.41. The summed E-state index contributed by atoms with van der Waals surface area (Å²) in [5.41, 5.74) is 0.105. The summed E-state index contributed by atoms with van der Waals surface area (Å²) in [7, 11) is 0. The predicted molar refractivity (Wildman–Crippen MR) is 72.0 cm³/mol. The van der Waals surface area contributed by atoms with Gasteiger partial charge in [-0.15, -0.1) is 0 Å². The van der Waals surface area contributed by atoms with Crippen molar-refractivity contribution in [1.29, 1.82) is 0 Å². The molecule has 1 aromatic heterocycles. The van der Waals surface area contributed by atoms with Crippen molar-refractivity contribution in [3.8, 4) is 0 Å². The van der Waals surface area contributed by atoms with Crippen LogP contribution < -0.4 is 5.32 Å². The van der Waals surface area contributed by atoms with E-state index in [2.05, 4.69) is 5.32 Å². The number of hydrogen-bond acceptors (Lipinski definition) is 5. The Bertz CT molecular complexity index is 504. The van der Waals surface area contributed by atoms with Gasteiger partial charge in [0.1, 0.15) is 23.7 Å². The molecule has 1 amide bonds. The fourth-order valence-electron chi connectivity index (χ4n) is 2.14. The molecule has 21 heavy (non-hydrogen) atoms. The first kappa shape index (κ1) is 15.5. The van der Waals surface area contributed by atoms with Crippen LogP contribution in [-0.2, 0) is 20.8 Å². The average Bonchev–Trinajstić information content (AvgIpc) is 3.06. The molecule has 0 bridgehead atoms. The van der Waals surface area contributed by atoms with Crippen molar-refractivity contribution in [3.63, 3.8) is 0 Å². The van der Waals surface area contributed by atoms with Gasteiger partial charge in [0.25, 0.3) is 0 Å². The van der Waals surface area contributed by atoms with E-state index in [0.29, 0.717) is 18.1 Å². The number of furan rings is 1. The van der Waals surface area contributed by atoms with Gasteiger partial charge in [-0.25, -0.2) is 4.79 Å². The number of ether oxygens (including phenoxy) is 2. The quantitative estimate of drug-likeness (QED) is 0.782. The number of rotatable bonds is 7. The Balaban J connectivity index is 1.68. The third-order valence-corrected chi connectivity index (χ3v) is 3.22.